The van der Waals surface area contributed by atoms with Crippen LogP contribution in [0.3, 0.4) is 0 Å². The van der Waals surface area contributed by atoms with Crippen LogP contribution in [-0.4, -0.2) is 17.1 Å². The third-order valence-corrected chi connectivity index (χ3v) is 4.42. The monoisotopic (exact) mass is 290 g/mol. The van der Waals surface area contributed by atoms with E-state index in [0.717, 1.165) is 21.4 Å². The average molecular weight is 290 g/mol. The molecule has 2 aromatic rings. The molecule has 3 nitrogen and oxygen atoms in total. The van der Waals surface area contributed by atoms with Gasteiger partial charge in [0.25, 0.3) is 0 Å². The van der Waals surface area contributed by atoms with Gasteiger partial charge in [0, 0.05) is 18.2 Å². The van der Waals surface area contributed by atoms with Crippen LogP contribution in [0.1, 0.15) is 36.9 Å². The number of benzene rings is 1. The number of anilines is 2. The van der Waals surface area contributed by atoms with E-state index in [1.807, 2.05) is 19.2 Å². The third kappa shape index (κ3) is 2.86. The Hall–Kier alpha value is -1.39. The second-order valence-electron chi connectivity index (χ2n) is 6.02. The van der Waals surface area contributed by atoms with Crippen molar-refractivity contribution in [2.75, 3.05) is 11.9 Å². The Morgan fingerprint density at radius 3 is 2.40 bits per heavy atom. The predicted octanol–water partition coefficient (Wildman–Crippen LogP) is 4.01. The number of aliphatic hydroxyl groups excluding tert-OH is 1. The topological polar surface area (TPSA) is 36.4 Å². The number of para-hydroxylation sites is 1. The summed E-state index contributed by atoms with van der Waals surface area (Å²) < 4.78 is 0. The zero-order valence-electron chi connectivity index (χ0n) is 12.8. The predicted molar refractivity (Wildman–Crippen MR) is 86.0 cm³/mol. The van der Waals surface area contributed by atoms with Gasteiger partial charge in [0.1, 0.15) is 0 Å². The van der Waals surface area contributed by atoms with Crippen molar-refractivity contribution in [2.24, 2.45) is 0 Å². The van der Waals surface area contributed by atoms with E-state index in [0.29, 0.717) is 0 Å². The van der Waals surface area contributed by atoms with Crippen LogP contribution in [0, 0.1) is 6.92 Å². The van der Waals surface area contributed by atoms with Crippen molar-refractivity contribution in [3.63, 3.8) is 0 Å². The summed E-state index contributed by atoms with van der Waals surface area (Å²) in [6.07, 6.45) is 0. The molecule has 0 spiro atoms. The van der Waals surface area contributed by atoms with Crippen molar-refractivity contribution in [3.8, 4) is 0 Å². The maximum Gasteiger partial charge on any atom is 0.190 e. The molecule has 0 saturated heterocycles. The number of nitrogens with zero attached hydrogens (tertiary/aromatic N) is 2. The highest BCUT2D eigenvalue weighted by atomic mass is 32.1. The highest BCUT2D eigenvalue weighted by Gasteiger charge is 2.24. The molecule has 0 radical (unpaired) electrons. The molecular weight excluding hydrogens is 268 g/mol. The summed E-state index contributed by atoms with van der Waals surface area (Å²) in [7, 11) is 2.02. The number of rotatable bonds is 3. The van der Waals surface area contributed by atoms with E-state index < -0.39 is 0 Å². The number of aryl methyl sites for hydroxylation is 1. The Labute approximate surface area is 124 Å². The second-order valence-corrected chi connectivity index (χ2v) is 7.08. The van der Waals surface area contributed by atoms with Gasteiger partial charge in [0.05, 0.1) is 17.2 Å². The standard InChI is InChI=1S/C16H22N2OS/c1-11-8-6-7-9-12(11)18(5)15-17-14(16(2,3)4)13(10-19)20-15/h6-9,19H,10H2,1-5H3. The Kier molecular flexibility index (Phi) is 4.16. The SMILES string of the molecule is Cc1ccccc1N(C)c1nc(C(C)(C)C)c(CO)s1. The van der Waals surface area contributed by atoms with E-state index in [4.69, 9.17) is 4.98 Å². The first-order valence-electron chi connectivity index (χ1n) is 6.75. The summed E-state index contributed by atoms with van der Waals surface area (Å²) in [6.45, 7) is 8.51. The molecule has 0 aliphatic heterocycles. The second kappa shape index (κ2) is 5.54. The lowest BCUT2D eigenvalue weighted by atomic mass is 9.91. The third-order valence-electron chi connectivity index (χ3n) is 3.30. The van der Waals surface area contributed by atoms with E-state index in [1.54, 1.807) is 11.3 Å². The van der Waals surface area contributed by atoms with Gasteiger partial charge < -0.3 is 10.0 Å². The molecule has 0 aliphatic rings. The number of hydrogen-bond donors (Lipinski definition) is 1. The summed E-state index contributed by atoms with van der Waals surface area (Å²) in [5, 5.41) is 10.5. The van der Waals surface area contributed by atoms with Gasteiger partial charge in [-0.25, -0.2) is 4.98 Å². The van der Waals surface area contributed by atoms with Gasteiger partial charge in [-0.05, 0) is 18.6 Å². The molecule has 0 amide bonds. The minimum atomic E-state index is -0.0562. The summed E-state index contributed by atoms with van der Waals surface area (Å²) in [5.74, 6) is 0. The fourth-order valence-corrected chi connectivity index (χ4v) is 3.32. The molecule has 0 unspecified atom stereocenters. The molecule has 1 aromatic heterocycles. The zero-order valence-corrected chi connectivity index (χ0v) is 13.6. The van der Waals surface area contributed by atoms with Gasteiger partial charge in [-0.2, -0.15) is 0 Å². The molecule has 20 heavy (non-hydrogen) atoms. The summed E-state index contributed by atoms with van der Waals surface area (Å²) in [6, 6.07) is 8.25. The molecule has 0 aliphatic carbocycles. The molecule has 4 heteroatoms. The van der Waals surface area contributed by atoms with Gasteiger partial charge in [0.15, 0.2) is 5.13 Å². The molecule has 2 rings (SSSR count). The van der Waals surface area contributed by atoms with E-state index in [2.05, 4.69) is 44.7 Å². The highest BCUT2D eigenvalue weighted by Crippen LogP contribution is 2.36. The lowest BCUT2D eigenvalue weighted by Crippen LogP contribution is -2.15. The fraction of sp³-hybridized carbons (Fsp3) is 0.438. The van der Waals surface area contributed by atoms with Crippen LogP contribution in [-0.2, 0) is 12.0 Å². The first kappa shape index (κ1) is 15.0. The van der Waals surface area contributed by atoms with Crippen LogP contribution in [0.25, 0.3) is 0 Å². The van der Waals surface area contributed by atoms with Gasteiger partial charge in [-0.15, -0.1) is 0 Å². The Morgan fingerprint density at radius 1 is 1.25 bits per heavy atom. The molecular formula is C16H22N2OS. The number of thiazole rings is 1. The molecule has 1 N–H and O–H groups in total. The molecule has 0 saturated carbocycles. The van der Waals surface area contributed by atoms with E-state index >= 15 is 0 Å². The molecule has 108 valence electrons. The smallest absolute Gasteiger partial charge is 0.190 e. The van der Waals surface area contributed by atoms with Crippen LogP contribution in [0.5, 0.6) is 0 Å². The van der Waals surface area contributed by atoms with Crippen LogP contribution in [0.2, 0.25) is 0 Å². The number of hydrogen-bond acceptors (Lipinski definition) is 4. The minimum Gasteiger partial charge on any atom is -0.391 e. The van der Waals surface area contributed by atoms with Crippen molar-refractivity contribution in [1.29, 1.82) is 0 Å². The number of aromatic nitrogens is 1. The Balaban J connectivity index is 2.44. The minimum absolute atomic E-state index is 0.0475. The van der Waals surface area contributed by atoms with E-state index in [-0.39, 0.29) is 12.0 Å². The normalized spacial score (nSPS) is 11.7. The zero-order chi connectivity index (χ0) is 14.9. The Bertz CT molecular complexity index is 599. The average Bonchev–Trinajstić information content (AvgIpc) is 2.82. The van der Waals surface area contributed by atoms with Gasteiger partial charge in [0.2, 0.25) is 0 Å². The molecule has 0 fully saturated rings. The summed E-state index contributed by atoms with van der Waals surface area (Å²) in [5.41, 5.74) is 3.29. The van der Waals surface area contributed by atoms with Gasteiger partial charge >= 0.3 is 0 Å². The summed E-state index contributed by atoms with van der Waals surface area (Å²) in [4.78, 5) is 7.80. The van der Waals surface area contributed by atoms with Crippen molar-refractivity contribution >= 4 is 22.2 Å². The first-order chi connectivity index (χ1) is 9.34. The van der Waals surface area contributed by atoms with Crippen LogP contribution < -0.4 is 4.90 Å². The van der Waals surface area contributed by atoms with Gasteiger partial charge in [-0.3, -0.25) is 0 Å². The molecule has 1 aromatic carbocycles. The van der Waals surface area contributed by atoms with E-state index in [9.17, 15) is 5.11 Å². The molecule has 1 heterocycles. The van der Waals surface area contributed by atoms with Crippen molar-refractivity contribution in [2.45, 2.75) is 39.7 Å². The van der Waals surface area contributed by atoms with Crippen molar-refractivity contribution < 1.29 is 5.11 Å². The molecule has 0 atom stereocenters. The van der Waals surface area contributed by atoms with Crippen LogP contribution in [0.15, 0.2) is 24.3 Å². The van der Waals surface area contributed by atoms with Crippen molar-refractivity contribution in [3.05, 3.63) is 40.4 Å². The lowest BCUT2D eigenvalue weighted by molar-refractivity contribution is 0.282. The first-order valence-corrected chi connectivity index (χ1v) is 7.56. The van der Waals surface area contributed by atoms with Crippen LogP contribution >= 0.6 is 11.3 Å². The number of aliphatic hydroxyl groups is 1. The maximum absolute atomic E-state index is 9.55. The highest BCUT2D eigenvalue weighted by molar-refractivity contribution is 7.15. The fourth-order valence-electron chi connectivity index (χ4n) is 2.22. The van der Waals surface area contributed by atoms with Crippen molar-refractivity contribution in [1.82, 2.24) is 4.98 Å². The maximum atomic E-state index is 9.55. The Morgan fingerprint density at radius 2 is 1.90 bits per heavy atom. The van der Waals surface area contributed by atoms with Crippen LogP contribution in [0.4, 0.5) is 10.8 Å². The quantitative estimate of drug-likeness (QED) is 0.928. The molecule has 0 bridgehead atoms. The van der Waals surface area contributed by atoms with E-state index in [1.165, 1.54) is 5.56 Å². The largest absolute Gasteiger partial charge is 0.391 e. The van der Waals surface area contributed by atoms with Gasteiger partial charge in [-0.1, -0.05) is 50.3 Å². The summed E-state index contributed by atoms with van der Waals surface area (Å²) >= 11 is 1.56. The lowest BCUT2D eigenvalue weighted by Gasteiger charge is -2.19.